The molecule has 0 spiro atoms. The molecule has 16 N–H and O–H groups in total. The van der Waals surface area contributed by atoms with Gasteiger partial charge in [0.25, 0.3) is 0 Å². The normalized spacial score (nSPS) is 29.8. The number of rotatable bonds is 20. The Morgan fingerprint density at radius 3 is 1.93 bits per heavy atom. The van der Waals surface area contributed by atoms with Crippen molar-refractivity contribution >= 4 is 47.3 Å². The largest absolute Gasteiger partial charge is 0.508 e. The zero-order valence-electron chi connectivity index (χ0n) is 44.0. The number of aliphatic hydroxyl groups is 8. The standard InChI is InChI=1S/C51H82N8O17/c1-6-25(2)19-26(3)13-11-9-7-8-10-12-14-37(66)53-32-21-35(64)47(72)57-49(74)41-42(67)27(4)23-59(41)51(76)39(34(63)22-36(52)65)55-48(73)40(44(69)43(68)29-15-17-30(61)18-16-29)56-46(71)33-20-31(62)24-58(33)50(75)38(28(5)60)54-45(32)70/h15-18,25-28,31-35,38-44,47,60-64,67-69,72H,6-14,19-24H2,1-5H3,(H2,52,65)(H,53,66)(H,54,70)(H,55,73)(H,56,71)(H,57,74)/t25?,26?,27-,28+,31+,32-,33?,34+,35+,38?,39?,40?,41?,42-,43+,44-,47+/m0/s1/i59+1. The number of hydrogen-bond acceptors (Lipinski definition) is 17. The van der Waals surface area contributed by atoms with Gasteiger partial charge in [0.05, 0.1) is 30.8 Å². The number of unbranched alkanes of at least 4 members (excludes halogenated alkanes) is 5. The van der Waals surface area contributed by atoms with Crippen molar-refractivity contribution in [2.24, 2.45) is 23.5 Å². The minimum Gasteiger partial charge on any atom is -0.508 e. The van der Waals surface area contributed by atoms with Crippen molar-refractivity contribution < 1.29 is 84.3 Å². The molecule has 4 rings (SSSR count). The van der Waals surface area contributed by atoms with Crippen LogP contribution in [0.4, 0.5) is 0 Å². The number of nitrogens with zero attached hydrogens (tertiary/aromatic N) is 2. The first-order valence-electron chi connectivity index (χ1n) is 26.4. The van der Waals surface area contributed by atoms with Crippen LogP contribution in [0.5, 0.6) is 5.75 Å². The lowest BCUT2D eigenvalue weighted by atomic mass is 9.91. The second-order valence-corrected chi connectivity index (χ2v) is 21.2. The summed E-state index contributed by atoms with van der Waals surface area (Å²) >= 11 is 0. The van der Waals surface area contributed by atoms with E-state index in [1.54, 1.807) is 0 Å². The van der Waals surface area contributed by atoms with Crippen molar-refractivity contribution in [3.05, 3.63) is 29.8 Å². The molecule has 0 saturated carbocycles. The average Bonchev–Trinajstić information content (AvgIpc) is 3.90. The molecular formula is C51H82N8O17. The first-order valence-corrected chi connectivity index (χ1v) is 26.4. The molecule has 7 unspecified atom stereocenters. The fourth-order valence-electron chi connectivity index (χ4n) is 10.0. The fraction of sp³-hybridized carbons (Fsp3) is 0.725. The summed E-state index contributed by atoms with van der Waals surface area (Å²) in [6, 6.07) is -7.42. The topological polar surface area (TPSA) is 411 Å². The van der Waals surface area contributed by atoms with Gasteiger partial charge >= 0.3 is 0 Å². The van der Waals surface area contributed by atoms with E-state index in [4.69, 9.17) is 5.73 Å². The van der Waals surface area contributed by atoms with Gasteiger partial charge in [0.1, 0.15) is 60.3 Å². The molecule has 428 valence electrons. The summed E-state index contributed by atoms with van der Waals surface area (Å²) in [4.78, 5) is 113. The molecule has 3 fully saturated rings. The summed E-state index contributed by atoms with van der Waals surface area (Å²) in [6.45, 7) is 8.17. The number of aromatic hydroxyl groups is 1. The lowest BCUT2D eigenvalue weighted by molar-refractivity contribution is -0.149. The highest BCUT2D eigenvalue weighted by Crippen LogP contribution is 2.28. The predicted molar refractivity (Wildman–Crippen MR) is 270 cm³/mol. The van der Waals surface area contributed by atoms with E-state index in [1.165, 1.54) is 13.3 Å². The van der Waals surface area contributed by atoms with Gasteiger partial charge in [-0.15, -0.1) is 0 Å². The Morgan fingerprint density at radius 1 is 0.724 bits per heavy atom. The smallest absolute Gasteiger partial charge is 0.248 e. The highest BCUT2D eigenvalue weighted by atomic mass is 16.3. The van der Waals surface area contributed by atoms with Crippen LogP contribution >= 0.6 is 0 Å². The monoisotopic (exact) mass is 1080 g/mol. The summed E-state index contributed by atoms with van der Waals surface area (Å²) in [7, 11) is 0. The third-order valence-corrected chi connectivity index (χ3v) is 14.7. The maximum Gasteiger partial charge on any atom is 0.248 e. The number of fused-ring (bicyclic) bond motifs is 2. The van der Waals surface area contributed by atoms with Crippen molar-refractivity contribution in [3.8, 4) is 5.75 Å². The molecule has 0 aromatic heterocycles. The van der Waals surface area contributed by atoms with E-state index < -0.39 is 171 Å². The van der Waals surface area contributed by atoms with Crippen molar-refractivity contribution in [3.63, 3.8) is 0 Å². The Balaban J connectivity index is 1.71. The number of phenolic OH excluding ortho intramolecular Hbond substituents is 1. The second kappa shape index (κ2) is 29.3. The van der Waals surface area contributed by atoms with E-state index in [2.05, 4.69) is 47.4 Å². The Bertz CT molecular complexity index is 2140. The fourth-order valence-corrected chi connectivity index (χ4v) is 10.0. The molecule has 0 bridgehead atoms. The number of carbonyl (C=O) groups excluding carboxylic acids is 8. The number of primary amides is 1. The number of nitrogens with two attached hydrogens (primary N) is 1. The van der Waals surface area contributed by atoms with Gasteiger partial charge < -0.3 is 88.1 Å². The molecule has 3 saturated heterocycles. The van der Waals surface area contributed by atoms with Crippen molar-refractivity contribution in [2.75, 3.05) is 13.1 Å². The van der Waals surface area contributed by atoms with Crippen molar-refractivity contribution in [1.82, 2.24) is 36.4 Å². The highest BCUT2D eigenvalue weighted by Gasteiger charge is 2.50. The number of amides is 8. The third kappa shape index (κ3) is 17.5. The molecule has 1 aromatic carbocycles. The Labute approximate surface area is 442 Å². The van der Waals surface area contributed by atoms with E-state index in [-0.39, 0.29) is 17.7 Å². The van der Waals surface area contributed by atoms with Gasteiger partial charge in [0, 0.05) is 38.3 Å². The van der Waals surface area contributed by atoms with Gasteiger partial charge in [-0.3, -0.25) is 38.4 Å². The van der Waals surface area contributed by atoms with Gasteiger partial charge in [-0.25, -0.2) is 0 Å². The maximum absolute atomic E-state index is 14.5. The minimum atomic E-state index is -2.37. The minimum absolute atomic E-state index is 0.0813. The highest BCUT2D eigenvalue weighted by molar-refractivity contribution is 5.98. The first kappa shape index (κ1) is 63.0. The van der Waals surface area contributed by atoms with Crippen LogP contribution in [0.2, 0.25) is 0 Å². The van der Waals surface area contributed by atoms with E-state index in [0.29, 0.717) is 29.6 Å². The van der Waals surface area contributed by atoms with Crippen LogP contribution in [0.25, 0.3) is 0 Å². The number of nitrogens with one attached hydrogen (secondary N) is 5. The Kier molecular flexibility index (Phi) is 24.3. The quantitative estimate of drug-likeness (QED) is 0.0454. The van der Waals surface area contributed by atoms with Crippen molar-refractivity contribution in [2.45, 2.75) is 203 Å². The van der Waals surface area contributed by atoms with Crippen LogP contribution in [-0.2, 0) is 38.4 Å². The first-order chi connectivity index (χ1) is 35.7. The SMILES string of the molecule is CCC(C)CC(C)CCCCCCCCC(=O)N[C@H]1C[C@@H](O)[C@@H](O)NC(=O)C2[C@@H](O)[C@@H](C)C[15N]2C(=O)C([C@H](O)CC(N)=O)NC(=O)C([C@H](O)[C@H](O)c2ccc(O)cc2)NC(=O)C2C[C@@H](O)CN2C(=O)C([C@@H](C)O)NC1=O. The lowest BCUT2D eigenvalue weighted by Crippen LogP contribution is -2.64. The van der Waals surface area contributed by atoms with E-state index in [0.717, 1.165) is 74.6 Å². The van der Waals surface area contributed by atoms with Gasteiger partial charge in [-0.1, -0.05) is 84.8 Å². The van der Waals surface area contributed by atoms with Crippen LogP contribution in [0.15, 0.2) is 24.3 Å². The number of carbonyl (C=O) groups is 8. The molecule has 25 nitrogen and oxygen atoms in total. The van der Waals surface area contributed by atoms with Crippen LogP contribution in [0, 0.1) is 17.8 Å². The molecule has 0 aliphatic carbocycles. The molecule has 3 aliphatic rings. The summed E-state index contributed by atoms with van der Waals surface area (Å²) in [6.07, 6.45) is -9.95. The summed E-state index contributed by atoms with van der Waals surface area (Å²) in [5, 5.41) is 111. The third-order valence-electron chi connectivity index (χ3n) is 14.7. The molecule has 8 amide bonds. The zero-order valence-corrected chi connectivity index (χ0v) is 44.0. The number of aliphatic hydroxyl groups excluding tert-OH is 8. The molecule has 3 heterocycles. The average molecular weight is 1080 g/mol. The molecule has 76 heavy (non-hydrogen) atoms. The van der Waals surface area contributed by atoms with Gasteiger partial charge in [-0.2, -0.15) is 0 Å². The van der Waals surface area contributed by atoms with E-state index in [1.807, 2.05) is 0 Å². The van der Waals surface area contributed by atoms with Crippen molar-refractivity contribution in [1.29, 1.82) is 0 Å². The molecular weight excluding hydrogens is 998 g/mol. The van der Waals surface area contributed by atoms with E-state index >= 15 is 0 Å². The molecule has 17 atom stereocenters. The Morgan fingerprint density at radius 2 is 1.32 bits per heavy atom. The maximum atomic E-state index is 14.5. The number of hydrogen-bond donors (Lipinski definition) is 15. The van der Waals surface area contributed by atoms with Crippen LogP contribution < -0.4 is 32.3 Å². The van der Waals surface area contributed by atoms with E-state index in [9.17, 15) is 84.3 Å². The molecule has 0 radical (unpaired) electrons. The zero-order chi connectivity index (χ0) is 56.7. The predicted octanol–water partition coefficient (Wildman–Crippen LogP) is -3.10. The van der Waals surface area contributed by atoms with Gasteiger partial charge in [-0.05, 0) is 49.3 Å². The summed E-state index contributed by atoms with van der Waals surface area (Å²) in [5.74, 6) is -9.52. The molecule has 25 heteroatoms. The van der Waals surface area contributed by atoms with Gasteiger partial charge in [0.15, 0.2) is 6.23 Å². The van der Waals surface area contributed by atoms with Gasteiger partial charge in [0.2, 0.25) is 47.3 Å². The van der Waals surface area contributed by atoms with Crippen LogP contribution in [0.1, 0.15) is 130 Å². The number of benzene rings is 1. The second-order valence-electron chi connectivity index (χ2n) is 21.2. The number of phenols is 1. The van der Waals surface area contributed by atoms with Crippen LogP contribution in [0.3, 0.4) is 0 Å². The Hall–Kier alpha value is -5.54. The summed E-state index contributed by atoms with van der Waals surface area (Å²) < 4.78 is 0. The molecule has 1 aromatic rings. The van der Waals surface area contributed by atoms with Crippen LogP contribution in [-0.4, -0.2) is 195 Å². The summed E-state index contributed by atoms with van der Waals surface area (Å²) in [5.41, 5.74) is 5.23. The lowest BCUT2D eigenvalue weighted by Gasteiger charge is -2.34. The molecule has 3 aliphatic heterocycles.